The highest BCUT2D eigenvalue weighted by atomic mass is 32.2. The van der Waals surface area contributed by atoms with Crippen LogP contribution in [0.1, 0.15) is 23.6 Å². The van der Waals surface area contributed by atoms with Gasteiger partial charge < -0.3 is 13.9 Å². The monoisotopic (exact) mass is 501 g/mol. The lowest BCUT2D eigenvalue weighted by Crippen LogP contribution is -2.14. The van der Waals surface area contributed by atoms with Crippen LogP contribution in [0.15, 0.2) is 70.0 Å². The second-order valence-corrected chi connectivity index (χ2v) is 8.72. The van der Waals surface area contributed by atoms with Crippen molar-refractivity contribution in [3.8, 4) is 17.2 Å². The number of oxazole rings is 1. The van der Waals surface area contributed by atoms with Crippen molar-refractivity contribution in [3.63, 3.8) is 0 Å². The molecule has 0 spiro atoms. The number of aromatic nitrogens is 1. The Morgan fingerprint density at radius 3 is 2.54 bits per heavy atom. The molecule has 0 bridgehead atoms. The second kappa shape index (κ2) is 10.4. The predicted molar refractivity (Wildman–Crippen MR) is 127 cm³/mol. The number of carbonyl (C=O) groups excluding carboxylic acids is 1. The minimum Gasteiger partial charge on any atom is -0.482 e. The largest absolute Gasteiger partial charge is 0.482 e. The number of benzene rings is 3. The van der Waals surface area contributed by atoms with Gasteiger partial charge in [-0.05, 0) is 67.9 Å². The van der Waals surface area contributed by atoms with E-state index in [9.17, 15) is 18.0 Å². The second-order valence-electron chi connectivity index (χ2n) is 7.67. The Morgan fingerprint density at radius 2 is 1.86 bits per heavy atom. The summed E-state index contributed by atoms with van der Waals surface area (Å²) >= 11 is 1.59. The van der Waals surface area contributed by atoms with Gasteiger partial charge in [0.1, 0.15) is 11.3 Å². The van der Waals surface area contributed by atoms with E-state index in [1.807, 2.05) is 37.3 Å². The first-order valence-electron chi connectivity index (χ1n) is 10.8. The Kier molecular flexibility index (Phi) is 7.35. The third kappa shape index (κ3) is 5.97. The molecule has 182 valence electrons. The van der Waals surface area contributed by atoms with E-state index in [0.717, 1.165) is 28.2 Å². The first-order valence-corrected chi connectivity index (χ1v) is 11.8. The predicted octanol–water partition coefficient (Wildman–Crippen LogP) is 7.06. The third-order valence-corrected chi connectivity index (χ3v) is 6.19. The first kappa shape index (κ1) is 24.7. The van der Waals surface area contributed by atoms with Gasteiger partial charge in [-0.25, -0.2) is 9.78 Å². The highest BCUT2D eigenvalue weighted by Gasteiger charge is 2.30. The minimum atomic E-state index is -4.40. The number of hydrogen-bond donors (Lipinski definition) is 0. The van der Waals surface area contributed by atoms with Gasteiger partial charge >= 0.3 is 12.1 Å². The molecule has 1 heterocycles. The Bertz CT molecular complexity index is 1330. The molecule has 0 saturated carbocycles. The Labute approximate surface area is 204 Å². The lowest BCUT2D eigenvalue weighted by Gasteiger charge is -2.10. The van der Waals surface area contributed by atoms with Crippen LogP contribution in [0.25, 0.3) is 22.6 Å². The van der Waals surface area contributed by atoms with Crippen molar-refractivity contribution in [2.75, 3.05) is 13.2 Å². The average molecular weight is 502 g/mol. The first-order chi connectivity index (χ1) is 16.7. The number of hydrogen-bond acceptors (Lipinski definition) is 6. The van der Waals surface area contributed by atoms with E-state index in [0.29, 0.717) is 34.8 Å². The number of aryl methyl sites for hydroxylation is 1. The van der Waals surface area contributed by atoms with Gasteiger partial charge in [-0.15, -0.1) is 11.8 Å². The lowest BCUT2D eigenvalue weighted by atomic mass is 10.1. The number of ether oxygens (including phenoxy) is 2. The summed E-state index contributed by atoms with van der Waals surface area (Å²) in [5.41, 5.74) is 2.79. The van der Waals surface area contributed by atoms with Gasteiger partial charge in [0, 0.05) is 21.8 Å². The molecule has 1 aromatic heterocycles. The molecule has 0 amide bonds. The van der Waals surface area contributed by atoms with Gasteiger partial charge in [0.15, 0.2) is 12.2 Å². The van der Waals surface area contributed by atoms with Crippen LogP contribution >= 0.6 is 11.8 Å². The Hall–Kier alpha value is -3.46. The summed E-state index contributed by atoms with van der Waals surface area (Å²) in [5, 5.41) is 0. The molecular formula is C26H22F3NO4S. The molecule has 0 unspecified atom stereocenters. The molecule has 4 rings (SSSR count). The fourth-order valence-corrected chi connectivity index (χ4v) is 4.39. The molecule has 4 aromatic rings. The summed E-state index contributed by atoms with van der Waals surface area (Å²) in [6, 6.07) is 16.1. The summed E-state index contributed by atoms with van der Waals surface area (Å²) in [5.74, 6) is 1.06. The maximum absolute atomic E-state index is 12.8. The number of alkyl halides is 3. The number of fused-ring (bicyclic) bond motifs is 1. The van der Waals surface area contributed by atoms with Crippen molar-refractivity contribution in [3.05, 3.63) is 77.4 Å². The van der Waals surface area contributed by atoms with E-state index < -0.39 is 17.7 Å². The summed E-state index contributed by atoms with van der Waals surface area (Å²) in [4.78, 5) is 17.0. The van der Waals surface area contributed by atoms with E-state index in [-0.39, 0.29) is 12.5 Å². The van der Waals surface area contributed by atoms with Crippen LogP contribution in [0.4, 0.5) is 13.2 Å². The molecule has 0 N–H and O–H groups in total. The fraction of sp³-hybridized carbons (Fsp3) is 0.231. The van der Waals surface area contributed by atoms with Crippen LogP contribution in [0.5, 0.6) is 5.75 Å². The molecule has 0 saturated heterocycles. The summed E-state index contributed by atoms with van der Waals surface area (Å²) in [7, 11) is 0. The van der Waals surface area contributed by atoms with E-state index >= 15 is 0 Å². The Balaban J connectivity index is 1.47. The maximum atomic E-state index is 12.8. The van der Waals surface area contributed by atoms with Crippen molar-refractivity contribution in [1.82, 2.24) is 4.98 Å². The standard InChI is InChI=1S/C26H22F3NO4S/c1-3-32-23(31)14-33-22-12-11-20(13-16(22)2)35-15-18-5-4-6-21-24(18)34-25(30-21)17-7-9-19(10-8-17)26(27,28)29/h4-13H,3,14-15H2,1-2H3. The smallest absolute Gasteiger partial charge is 0.416 e. The number of thioether (sulfide) groups is 1. The molecule has 0 aliphatic rings. The van der Waals surface area contributed by atoms with Crippen LogP contribution in [-0.2, 0) is 21.5 Å². The molecule has 5 nitrogen and oxygen atoms in total. The molecule has 3 aromatic carbocycles. The number of carbonyl (C=O) groups is 1. The number of para-hydroxylation sites is 1. The van der Waals surface area contributed by atoms with Gasteiger partial charge in [-0.2, -0.15) is 13.2 Å². The van der Waals surface area contributed by atoms with Gasteiger partial charge in [-0.3, -0.25) is 0 Å². The zero-order valence-electron chi connectivity index (χ0n) is 19.0. The maximum Gasteiger partial charge on any atom is 0.416 e. The zero-order valence-corrected chi connectivity index (χ0v) is 19.8. The normalized spacial score (nSPS) is 11.6. The van der Waals surface area contributed by atoms with E-state index in [1.165, 1.54) is 12.1 Å². The van der Waals surface area contributed by atoms with Crippen LogP contribution in [0.2, 0.25) is 0 Å². The number of esters is 1. The summed E-state index contributed by atoms with van der Waals surface area (Å²) < 4.78 is 54.9. The van der Waals surface area contributed by atoms with E-state index in [1.54, 1.807) is 24.8 Å². The highest BCUT2D eigenvalue weighted by Crippen LogP contribution is 2.34. The van der Waals surface area contributed by atoms with E-state index in [2.05, 4.69) is 4.98 Å². The topological polar surface area (TPSA) is 61.6 Å². The molecule has 0 aliphatic heterocycles. The quantitative estimate of drug-likeness (QED) is 0.190. The molecule has 0 atom stereocenters. The molecule has 0 radical (unpaired) electrons. The summed E-state index contributed by atoms with van der Waals surface area (Å²) in [6.45, 7) is 3.80. The van der Waals surface area contributed by atoms with Crippen LogP contribution in [0.3, 0.4) is 0 Å². The van der Waals surface area contributed by atoms with Crippen LogP contribution in [-0.4, -0.2) is 24.2 Å². The SMILES string of the molecule is CCOC(=O)COc1ccc(SCc2cccc3nc(-c4ccc(C(F)(F)F)cc4)oc23)cc1C. The van der Waals surface area contributed by atoms with Gasteiger partial charge in [-0.1, -0.05) is 12.1 Å². The molecule has 0 fully saturated rings. The van der Waals surface area contributed by atoms with E-state index in [4.69, 9.17) is 13.9 Å². The van der Waals surface area contributed by atoms with Crippen molar-refractivity contribution >= 4 is 28.8 Å². The molecular weight excluding hydrogens is 479 g/mol. The molecule has 0 aliphatic carbocycles. The Morgan fingerprint density at radius 1 is 1.09 bits per heavy atom. The number of rotatable bonds is 8. The van der Waals surface area contributed by atoms with Crippen molar-refractivity contribution in [1.29, 1.82) is 0 Å². The molecule has 9 heteroatoms. The molecule has 35 heavy (non-hydrogen) atoms. The van der Waals surface area contributed by atoms with Crippen LogP contribution in [0, 0.1) is 6.92 Å². The van der Waals surface area contributed by atoms with Gasteiger partial charge in [0.05, 0.1) is 12.2 Å². The highest BCUT2D eigenvalue weighted by molar-refractivity contribution is 7.98. The lowest BCUT2D eigenvalue weighted by molar-refractivity contribution is -0.145. The zero-order chi connectivity index (χ0) is 25.0. The van der Waals surface area contributed by atoms with Gasteiger partial charge in [0.2, 0.25) is 5.89 Å². The number of nitrogens with zero attached hydrogens (tertiary/aromatic N) is 1. The average Bonchev–Trinajstić information content (AvgIpc) is 3.27. The van der Waals surface area contributed by atoms with Crippen LogP contribution < -0.4 is 4.74 Å². The number of halogens is 3. The van der Waals surface area contributed by atoms with Crippen molar-refractivity contribution < 1.29 is 31.9 Å². The summed E-state index contributed by atoms with van der Waals surface area (Å²) in [6.07, 6.45) is -4.40. The van der Waals surface area contributed by atoms with Crippen molar-refractivity contribution in [2.24, 2.45) is 0 Å². The fourth-order valence-electron chi connectivity index (χ4n) is 3.42. The third-order valence-electron chi connectivity index (χ3n) is 5.15. The minimum absolute atomic E-state index is 0.143. The van der Waals surface area contributed by atoms with Crippen molar-refractivity contribution in [2.45, 2.75) is 30.7 Å². The van der Waals surface area contributed by atoms with Gasteiger partial charge in [0.25, 0.3) is 0 Å².